The van der Waals surface area contributed by atoms with Gasteiger partial charge in [-0.25, -0.2) is 4.79 Å². The Morgan fingerprint density at radius 2 is 1.75 bits per heavy atom. The molecule has 0 aliphatic heterocycles. The Kier molecular flexibility index (Phi) is 6.76. The molecule has 6 heteroatoms. The smallest absolute Gasteiger partial charge is 0.343 e. The number of carbonyl (C=O) groups excluding carboxylic acids is 2. The standard InChI is InChI=1S/C30H30N2O4/c1-35-27(33)19-36-26-17-9-16-25-29(26)28-23(30(31)34)14-7-8-15-24(28)32(25)18-21-12-5-6-13-22(21)20-10-3-2-4-11-20/h2-6,9-13,16-17,23H,7-8,14-15,18-19H2,1H3,(H2,31,34). The van der Waals surface area contributed by atoms with E-state index in [0.29, 0.717) is 18.7 Å². The van der Waals surface area contributed by atoms with E-state index < -0.39 is 11.9 Å². The topological polar surface area (TPSA) is 83.6 Å². The Balaban J connectivity index is 1.70. The molecule has 1 aliphatic carbocycles. The largest absolute Gasteiger partial charge is 0.481 e. The molecule has 36 heavy (non-hydrogen) atoms. The van der Waals surface area contributed by atoms with E-state index in [-0.39, 0.29) is 12.5 Å². The predicted octanol–water partition coefficient (Wildman–Crippen LogP) is 5.20. The maximum absolute atomic E-state index is 12.6. The van der Waals surface area contributed by atoms with Crippen LogP contribution in [0.1, 0.15) is 42.0 Å². The van der Waals surface area contributed by atoms with Gasteiger partial charge < -0.3 is 19.8 Å². The number of carbonyl (C=O) groups is 2. The highest BCUT2D eigenvalue weighted by Crippen LogP contribution is 2.43. The first-order chi connectivity index (χ1) is 17.6. The van der Waals surface area contributed by atoms with Crippen LogP contribution in [-0.2, 0) is 27.3 Å². The maximum Gasteiger partial charge on any atom is 0.343 e. The molecule has 184 valence electrons. The van der Waals surface area contributed by atoms with Crippen molar-refractivity contribution in [3.05, 3.63) is 89.6 Å². The minimum absolute atomic E-state index is 0.201. The van der Waals surface area contributed by atoms with Crippen molar-refractivity contribution in [2.75, 3.05) is 13.7 Å². The van der Waals surface area contributed by atoms with Crippen LogP contribution in [0.3, 0.4) is 0 Å². The molecular formula is C30H30N2O4. The van der Waals surface area contributed by atoms with E-state index in [0.717, 1.165) is 47.0 Å². The van der Waals surface area contributed by atoms with Crippen molar-refractivity contribution in [2.24, 2.45) is 5.73 Å². The summed E-state index contributed by atoms with van der Waals surface area (Å²) < 4.78 is 13.0. The Morgan fingerprint density at radius 1 is 0.972 bits per heavy atom. The molecular weight excluding hydrogens is 452 g/mol. The summed E-state index contributed by atoms with van der Waals surface area (Å²) in [5.41, 5.74) is 12.5. The molecule has 0 fully saturated rings. The lowest BCUT2D eigenvalue weighted by Crippen LogP contribution is -2.22. The summed E-state index contributed by atoms with van der Waals surface area (Å²) in [5.74, 6) is -0.624. The van der Waals surface area contributed by atoms with Gasteiger partial charge in [-0.1, -0.05) is 67.1 Å². The molecule has 0 bridgehead atoms. The van der Waals surface area contributed by atoms with Gasteiger partial charge in [-0.05, 0) is 53.6 Å². The van der Waals surface area contributed by atoms with Gasteiger partial charge in [0.25, 0.3) is 0 Å². The quantitative estimate of drug-likeness (QED) is 0.290. The van der Waals surface area contributed by atoms with Gasteiger partial charge in [0, 0.05) is 17.6 Å². The number of nitrogens with two attached hydrogens (primary N) is 1. The predicted molar refractivity (Wildman–Crippen MR) is 140 cm³/mol. The van der Waals surface area contributed by atoms with Crippen molar-refractivity contribution in [3.8, 4) is 16.9 Å². The van der Waals surface area contributed by atoms with E-state index in [4.69, 9.17) is 15.2 Å². The van der Waals surface area contributed by atoms with Gasteiger partial charge in [-0.2, -0.15) is 0 Å². The van der Waals surface area contributed by atoms with Gasteiger partial charge in [-0.15, -0.1) is 0 Å². The second-order valence-electron chi connectivity index (χ2n) is 9.19. The normalized spacial score (nSPS) is 15.2. The number of rotatable bonds is 7. The Hall–Kier alpha value is -4.06. The lowest BCUT2D eigenvalue weighted by molar-refractivity contribution is -0.142. The Bertz CT molecular complexity index is 1410. The molecule has 0 saturated heterocycles. The Labute approximate surface area is 210 Å². The van der Waals surface area contributed by atoms with Crippen LogP contribution in [0.2, 0.25) is 0 Å². The summed E-state index contributed by atoms with van der Waals surface area (Å²) in [6, 6.07) is 24.6. The zero-order valence-electron chi connectivity index (χ0n) is 20.4. The van der Waals surface area contributed by atoms with E-state index >= 15 is 0 Å². The Morgan fingerprint density at radius 3 is 2.53 bits per heavy atom. The molecule has 0 saturated carbocycles. The van der Waals surface area contributed by atoms with Crippen LogP contribution < -0.4 is 10.5 Å². The fourth-order valence-electron chi connectivity index (χ4n) is 5.39. The highest BCUT2D eigenvalue weighted by molar-refractivity contribution is 5.97. The van der Waals surface area contributed by atoms with Crippen LogP contribution >= 0.6 is 0 Å². The molecule has 3 aromatic carbocycles. The van der Waals surface area contributed by atoms with Crippen molar-refractivity contribution in [3.63, 3.8) is 0 Å². The minimum Gasteiger partial charge on any atom is -0.481 e. The van der Waals surface area contributed by atoms with Crippen LogP contribution in [0.5, 0.6) is 5.75 Å². The lowest BCUT2D eigenvalue weighted by Gasteiger charge is -2.16. The van der Waals surface area contributed by atoms with Crippen molar-refractivity contribution < 1.29 is 19.1 Å². The molecule has 6 nitrogen and oxygen atoms in total. The summed E-state index contributed by atoms with van der Waals surface area (Å²) in [5, 5.41) is 0.860. The van der Waals surface area contributed by atoms with Crippen LogP contribution in [0.25, 0.3) is 22.0 Å². The van der Waals surface area contributed by atoms with E-state index in [2.05, 4.69) is 47.0 Å². The molecule has 1 aliphatic rings. The van der Waals surface area contributed by atoms with Crippen LogP contribution in [0, 0.1) is 0 Å². The second kappa shape index (κ2) is 10.3. The van der Waals surface area contributed by atoms with E-state index in [9.17, 15) is 9.59 Å². The number of hydrogen-bond acceptors (Lipinski definition) is 4. The average molecular weight is 483 g/mol. The second-order valence-corrected chi connectivity index (χ2v) is 9.19. The molecule has 0 radical (unpaired) electrons. The number of amides is 1. The highest BCUT2D eigenvalue weighted by Gasteiger charge is 2.31. The highest BCUT2D eigenvalue weighted by atomic mass is 16.6. The molecule has 1 atom stereocenters. The van der Waals surface area contributed by atoms with E-state index in [1.807, 2.05) is 30.3 Å². The monoisotopic (exact) mass is 482 g/mol. The first-order valence-electron chi connectivity index (χ1n) is 12.3. The number of hydrogen-bond donors (Lipinski definition) is 1. The fraction of sp³-hybridized carbons (Fsp3) is 0.267. The van der Waals surface area contributed by atoms with Gasteiger partial charge in [0.15, 0.2) is 6.61 Å². The van der Waals surface area contributed by atoms with Crippen LogP contribution in [-0.4, -0.2) is 30.2 Å². The zero-order valence-corrected chi connectivity index (χ0v) is 20.4. The zero-order chi connectivity index (χ0) is 25.1. The molecule has 5 rings (SSSR count). The number of primary amides is 1. The number of esters is 1. The molecule has 2 N–H and O–H groups in total. The molecule has 1 aromatic heterocycles. The third-order valence-corrected chi connectivity index (χ3v) is 7.05. The van der Waals surface area contributed by atoms with Crippen molar-refractivity contribution >= 4 is 22.8 Å². The third kappa shape index (κ3) is 4.47. The average Bonchev–Trinajstić information content (AvgIpc) is 3.05. The molecule has 1 heterocycles. The van der Waals surface area contributed by atoms with Gasteiger partial charge in [0.1, 0.15) is 5.75 Å². The van der Waals surface area contributed by atoms with Crippen molar-refractivity contribution in [1.29, 1.82) is 0 Å². The summed E-state index contributed by atoms with van der Waals surface area (Å²) in [6.45, 7) is 0.441. The first-order valence-corrected chi connectivity index (χ1v) is 12.3. The van der Waals surface area contributed by atoms with Gasteiger partial charge in [0.2, 0.25) is 5.91 Å². The van der Waals surface area contributed by atoms with Crippen molar-refractivity contribution in [1.82, 2.24) is 4.57 Å². The van der Waals surface area contributed by atoms with Crippen LogP contribution in [0.15, 0.2) is 72.8 Å². The van der Waals surface area contributed by atoms with Crippen LogP contribution in [0.4, 0.5) is 0 Å². The lowest BCUT2D eigenvalue weighted by atomic mass is 9.92. The first kappa shape index (κ1) is 23.7. The third-order valence-electron chi connectivity index (χ3n) is 7.05. The molecule has 0 spiro atoms. The number of methoxy groups -OCH3 is 1. The summed E-state index contributed by atoms with van der Waals surface area (Å²) in [7, 11) is 1.34. The summed E-state index contributed by atoms with van der Waals surface area (Å²) in [4.78, 5) is 24.5. The maximum atomic E-state index is 12.6. The van der Waals surface area contributed by atoms with Gasteiger partial charge >= 0.3 is 5.97 Å². The fourth-order valence-corrected chi connectivity index (χ4v) is 5.39. The van der Waals surface area contributed by atoms with Gasteiger partial charge in [-0.3, -0.25) is 4.79 Å². The number of aromatic nitrogens is 1. The SMILES string of the molecule is COC(=O)COc1cccc2c1c1c(n2Cc2ccccc2-c2ccccc2)CCCCC1C(N)=O. The summed E-state index contributed by atoms with van der Waals surface area (Å²) in [6.07, 6.45) is 3.45. The molecule has 1 amide bonds. The number of ether oxygens (including phenoxy) is 2. The molecule has 1 unspecified atom stereocenters. The summed E-state index contributed by atoms with van der Waals surface area (Å²) >= 11 is 0. The van der Waals surface area contributed by atoms with E-state index in [1.54, 1.807) is 0 Å². The number of benzene rings is 3. The van der Waals surface area contributed by atoms with E-state index in [1.165, 1.54) is 18.2 Å². The minimum atomic E-state index is -0.458. The van der Waals surface area contributed by atoms with Gasteiger partial charge in [0.05, 0.1) is 18.5 Å². The number of fused-ring (bicyclic) bond motifs is 3. The number of nitrogens with zero attached hydrogens (tertiary/aromatic N) is 1. The van der Waals surface area contributed by atoms with Crippen molar-refractivity contribution in [2.45, 2.75) is 38.1 Å². The molecule has 4 aromatic rings.